The van der Waals surface area contributed by atoms with Gasteiger partial charge in [0.1, 0.15) is 5.75 Å². The first kappa shape index (κ1) is 12.5. The van der Waals surface area contributed by atoms with Gasteiger partial charge in [-0.1, -0.05) is 12.1 Å². The molecule has 2 atom stereocenters. The molecule has 0 heterocycles. The number of hydrogen-bond acceptors (Lipinski definition) is 3. The minimum atomic E-state index is 0.0423. The van der Waals surface area contributed by atoms with Gasteiger partial charge in [0.15, 0.2) is 0 Å². The quantitative estimate of drug-likeness (QED) is 0.826. The van der Waals surface area contributed by atoms with E-state index in [9.17, 15) is 0 Å². The Kier molecular flexibility index (Phi) is 4.81. The molecule has 1 aromatic carbocycles. The van der Waals surface area contributed by atoms with Gasteiger partial charge in [-0.2, -0.15) is 5.26 Å². The van der Waals surface area contributed by atoms with E-state index >= 15 is 0 Å². The van der Waals surface area contributed by atoms with Crippen LogP contribution in [0.2, 0.25) is 0 Å². The fourth-order valence-electron chi connectivity index (χ4n) is 1.41. The van der Waals surface area contributed by atoms with E-state index < -0.39 is 0 Å². The molecule has 0 bridgehead atoms. The third-order valence-electron chi connectivity index (χ3n) is 2.57. The van der Waals surface area contributed by atoms with Crippen molar-refractivity contribution in [3.63, 3.8) is 0 Å². The lowest BCUT2D eigenvalue weighted by Gasteiger charge is -2.15. The Morgan fingerprint density at radius 3 is 2.44 bits per heavy atom. The van der Waals surface area contributed by atoms with Gasteiger partial charge in [0, 0.05) is 12.6 Å². The van der Waals surface area contributed by atoms with Crippen LogP contribution in [-0.4, -0.2) is 13.7 Å². The SMILES string of the molecule is COc1ccc([C@H](C)NCC(C)C#N)cc1. The Labute approximate surface area is 97.0 Å². The van der Waals surface area contributed by atoms with Gasteiger partial charge >= 0.3 is 0 Å². The third-order valence-corrected chi connectivity index (χ3v) is 2.57. The molecule has 0 radical (unpaired) electrons. The molecule has 3 nitrogen and oxygen atoms in total. The van der Waals surface area contributed by atoms with E-state index in [2.05, 4.69) is 18.3 Å². The summed E-state index contributed by atoms with van der Waals surface area (Å²) in [5, 5.41) is 12.0. The van der Waals surface area contributed by atoms with Crippen LogP contribution in [0.1, 0.15) is 25.5 Å². The maximum absolute atomic E-state index is 8.68. The lowest BCUT2D eigenvalue weighted by molar-refractivity contribution is 0.414. The number of methoxy groups -OCH3 is 1. The minimum Gasteiger partial charge on any atom is -0.497 e. The number of rotatable bonds is 5. The summed E-state index contributed by atoms with van der Waals surface area (Å²) in [6, 6.07) is 10.4. The van der Waals surface area contributed by atoms with Crippen molar-refractivity contribution in [2.75, 3.05) is 13.7 Å². The van der Waals surface area contributed by atoms with Gasteiger partial charge in [0.2, 0.25) is 0 Å². The summed E-state index contributed by atoms with van der Waals surface area (Å²) in [5.41, 5.74) is 1.20. The topological polar surface area (TPSA) is 45.0 Å². The fourth-order valence-corrected chi connectivity index (χ4v) is 1.41. The van der Waals surface area contributed by atoms with Crippen molar-refractivity contribution in [2.45, 2.75) is 19.9 Å². The monoisotopic (exact) mass is 218 g/mol. The molecule has 1 unspecified atom stereocenters. The smallest absolute Gasteiger partial charge is 0.118 e. The number of hydrogen-bond donors (Lipinski definition) is 1. The number of nitriles is 1. The van der Waals surface area contributed by atoms with Crippen LogP contribution in [0.25, 0.3) is 0 Å². The van der Waals surface area contributed by atoms with E-state index in [1.54, 1.807) is 7.11 Å². The van der Waals surface area contributed by atoms with Crippen molar-refractivity contribution in [1.29, 1.82) is 5.26 Å². The average Bonchev–Trinajstić information content (AvgIpc) is 2.35. The summed E-state index contributed by atoms with van der Waals surface area (Å²) in [5.74, 6) is 0.905. The molecule has 0 spiro atoms. The summed E-state index contributed by atoms with van der Waals surface area (Å²) in [6.45, 7) is 4.71. The predicted molar refractivity (Wildman–Crippen MR) is 64.2 cm³/mol. The van der Waals surface area contributed by atoms with Crippen molar-refractivity contribution >= 4 is 0 Å². The normalized spacial score (nSPS) is 13.9. The van der Waals surface area contributed by atoms with Crippen LogP contribution < -0.4 is 10.1 Å². The van der Waals surface area contributed by atoms with Crippen LogP contribution in [0.15, 0.2) is 24.3 Å². The van der Waals surface area contributed by atoms with E-state index in [0.29, 0.717) is 6.54 Å². The summed E-state index contributed by atoms with van der Waals surface area (Å²) in [6.07, 6.45) is 0. The van der Waals surface area contributed by atoms with Crippen LogP contribution in [0, 0.1) is 17.2 Å². The minimum absolute atomic E-state index is 0.0423. The second-order valence-electron chi connectivity index (χ2n) is 3.93. The highest BCUT2D eigenvalue weighted by Gasteiger charge is 2.06. The largest absolute Gasteiger partial charge is 0.497 e. The number of ether oxygens (including phenoxy) is 1. The van der Waals surface area contributed by atoms with E-state index in [4.69, 9.17) is 10.00 Å². The van der Waals surface area contributed by atoms with E-state index in [1.165, 1.54) is 5.56 Å². The Hall–Kier alpha value is -1.53. The molecule has 1 aromatic rings. The molecule has 0 saturated carbocycles. The standard InChI is InChI=1S/C13H18N2O/c1-10(8-14)9-15-11(2)12-4-6-13(16-3)7-5-12/h4-7,10-11,15H,9H2,1-3H3/t10?,11-/m0/s1. The van der Waals surface area contributed by atoms with Crippen LogP contribution >= 0.6 is 0 Å². The molecule has 0 amide bonds. The molecular formula is C13H18N2O. The number of benzene rings is 1. The van der Waals surface area contributed by atoms with Crippen molar-refractivity contribution in [3.8, 4) is 11.8 Å². The molecular weight excluding hydrogens is 200 g/mol. The Balaban J connectivity index is 2.53. The summed E-state index contributed by atoms with van der Waals surface area (Å²) in [7, 11) is 1.66. The fraction of sp³-hybridized carbons (Fsp3) is 0.462. The van der Waals surface area contributed by atoms with Gasteiger partial charge < -0.3 is 10.1 Å². The number of nitrogens with one attached hydrogen (secondary N) is 1. The second-order valence-corrected chi connectivity index (χ2v) is 3.93. The van der Waals surface area contributed by atoms with Crippen LogP contribution in [0.5, 0.6) is 5.75 Å². The molecule has 0 fully saturated rings. The van der Waals surface area contributed by atoms with E-state index in [0.717, 1.165) is 5.75 Å². The van der Waals surface area contributed by atoms with E-state index in [1.807, 2.05) is 31.2 Å². The zero-order valence-corrected chi connectivity index (χ0v) is 10.0. The first-order valence-electron chi connectivity index (χ1n) is 5.44. The summed E-state index contributed by atoms with van der Waals surface area (Å²) >= 11 is 0. The molecule has 1 N–H and O–H groups in total. The van der Waals surface area contributed by atoms with Gasteiger partial charge in [0.25, 0.3) is 0 Å². The highest BCUT2D eigenvalue weighted by molar-refractivity contribution is 5.28. The molecule has 0 aromatic heterocycles. The maximum atomic E-state index is 8.68. The van der Waals surface area contributed by atoms with Gasteiger partial charge in [-0.15, -0.1) is 0 Å². The zero-order chi connectivity index (χ0) is 12.0. The average molecular weight is 218 g/mol. The lowest BCUT2D eigenvalue weighted by Crippen LogP contribution is -2.23. The molecule has 0 aliphatic carbocycles. The van der Waals surface area contributed by atoms with E-state index in [-0.39, 0.29) is 12.0 Å². The van der Waals surface area contributed by atoms with Crippen molar-refractivity contribution in [1.82, 2.24) is 5.32 Å². The Bertz CT molecular complexity index is 353. The first-order valence-corrected chi connectivity index (χ1v) is 5.44. The van der Waals surface area contributed by atoms with Gasteiger partial charge in [-0.25, -0.2) is 0 Å². The molecule has 0 aliphatic heterocycles. The summed E-state index contributed by atoms with van der Waals surface area (Å²) in [4.78, 5) is 0. The Morgan fingerprint density at radius 2 is 1.94 bits per heavy atom. The Morgan fingerprint density at radius 1 is 1.31 bits per heavy atom. The summed E-state index contributed by atoms with van der Waals surface area (Å²) < 4.78 is 5.10. The lowest BCUT2D eigenvalue weighted by atomic mass is 10.1. The van der Waals surface area contributed by atoms with Crippen LogP contribution in [0.3, 0.4) is 0 Å². The van der Waals surface area contributed by atoms with Crippen molar-refractivity contribution in [3.05, 3.63) is 29.8 Å². The molecule has 1 rings (SSSR count). The highest BCUT2D eigenvalue weighted by Crippen LogP contribution is 2.17. The van der Waals surface area contributed by atoms with Crippen molar-refractivity contribution < 1.29 is 4.74 Å². The zero-order valence-electron chi connectivity index (χ0n) is 10.0. The van der Waals surface area contributed by atoms with Crippen molar-refractivity contribution in [2.24, 2.45) is 5.92 Å². The maximum Gasteiger partial charge on any atom is 0.118 e. The first-order chi connectivity index (χ1) is 7.67. The van der Waals surface area contributed by atoms with Gasteiger partial charge in [-0.05, 0) is 31.5 Å². The van der Waals surface area contributed by atoms with Crippen LogP contribution in [0.4, 0.5) is 0 Å². The number of nitrogens with zero attached hydrogens (tertiary/aromatic N) is 1. The second kappa shape index (κ2) is 6.14. The molecule has 16 heavy (non-hydrogen) atoms. The van der Waals surface area contributed by atoms with Gasteiger partial charge in [-0.3, -0.25) is 0 Å². The van der Waals surface area contributed by atoms with Crippen LogP contribution in [-0.2, 0) is 0 Å². The molecule has 86 valence electrons. The highest BCUT2D eigenvalue weighted by atomic mass is 16.5. The predicted octanol–water partition coefficient (Wildman–Crippen LogP) is 2.51. The molecule has 3 heteroatoms. The molecule has 0 saturated heterocycles. The molecule has 0 aliphatic rings. The third kappa shape index (κ3) is 3.56. The van der Waals surface area contributed by atoms with Gasteiger partial charge in [0.05, 0.1) is 19.1 Å².